The summed E-state index contributed by atoms with van der Waals surface area (Å²) < 4.78 is 0. The summed E-state index contributed by atoms with van der Waals surface area (Å²) in [7, 11) is 0. The molecule has 1 unspecified atom stereocenters. The lowest BCUT2D eigenvalue weighted by Gasteiger charge is -2.37. The Morgan fingerprint density at radius 2 is 2.08 bits per heavy atom. The van der Waals surface area contributed by atoms with Gasteiger partial charge in [0, 0.05) is 12.0 Å². The smallest absolute Gasteiger partial charge is 0.0509 e. The quantitative estimate of drug-likeness (QED) is 0.500. The van der Waals surface area contributed by atoms with Crippen LogP contribution in [0.5, 0.6) is 0 Å². The lowest BCUT2D eigenvalue weighted by Crippen LogP contribution is -2.47. The minimum absolute atomic E-state index is 0.152. The van der Waals surface area contributed by atoms with Crippen molar-refractivity contribution in [3.63, 3.8) is 0 Å². The van der Waals surface area contributed by atoms with Crippen LogP contribution in [-0.4, -0.2) is 17.6 Å². The lowest BCUT2D eigenvalue weighted by molar-refractivity contribution is 0.160. The van der Waals surface area contributed by atoms with E-state index in [1.165, 1.54) is 0 Å². The van der Waals surface area contributed by atoms with Crippen molar-refractivity contribution < 1.29 is 0 Å². The van der Waals surface area contributed by atoms with Gasteiger partial charge in [0.2, 0.25) is 0 Å². The molecule has 1 rings (SSSR count). The first-order valence-electron chi connectivity index (χ1n) is 4.45. The van der Waals surface area contributed by atoms with E-state index >= 15 is 0 Å². The van der Waals surface area contributed by atoms with Crippen molar-refractivity contribution in [3.05, 3.63) is 24.3 Å². The van der Waals surface area contributed by atoms with E-state index in [2.05, 4.69) is 45.1 Å². The van der Waals surface area contributed by atoms with E-state index in [1.807, 2.05) is 5.01 Å². The molecule has 2 heteroatoms. The van der Waals surface area contributed by atoms with E-state index in [9.17, 15) is 0 Å². The molecular formula is C10H18N2. The highest BCUT2D eigenvalue weighted by atomic mass is 15.4. The Balaban J connectivity index is 2.76. The van der Waals surface area contributed by atoms with Crippen LogP contribution in [0.3, 0.4) is 0 Å². The van der Waals surface area contributed by atoms with Gasteiger partial charge >= 0.3 is 0 Å². The van der Waals surface area contributed by atoms with E-state index in [4.69, 9.17) is 5.84 Å². The molecule has 0 bridgehead atoms. The normalized spacial score (nSPS) is 26.6. The van der Waals surface area contributed by atoms with Crippen LogP contribution in [0.15, 0.2) is 24.3 Å². The van der Waals surface area contributed by atoms with Crippen molar-refractivity contribution in [3.8, 4) is 0 Å². The third-order valence-corrected chi connectivity index (χ3v) is 2.42. The van der Waals surface area contributed by atoms with Gasteiger partial charge in [-0.25, -0.2) is 5.01 Å². The Kier molecular flexibility index (Phi) is 2.70. The van der Waals surface area contributed by atoms with Gasteiger partial charge in [0.25, 0.3) is 0 Å². The highest BCUT2D eigenvalue weighted by Crippen LogP contribution is 2.29. The maximum absolute atomic E-state index is 5.87. The summed E-state index contributed by atoms with van der Waals surface area (Å²) in [5.41, 5.74) is 0.152. The van der Waals surface area contributed by atoms with Gasteiger partial charge in [0.1, 0.15) is 0 Å². The molecule has 1 aliphatic carbocycles. The highest BCUT2D eigenvalue weighted by Gasteiger charge is 2.29. The van der Waals surface area contributed by atoms with Crippen LogP contribution in [0.25, 0.3) is 0 Å². The first-order valence-corrected chi connectivity index (χ1v) is 4.45. The molecule has 0 aromatic carbocycles. The average Bonchev–Trinajstić information content (AvgIpc) is 2.02. The van der Waals surface area contributed by atoms with Gasteiger partial charge in [-0.05, 0) is 0 Å². The maximum Gasteiger partial charge on any atom is 0.0509 e. The highest BCUT2D eigenvalue weighted by molar-refractivity contribution is 5.20. The Morgan fingerprint density at radius 3 is 2.58 bits per heavy atom. The molecule has 0 aromatic rings. The second-order valence-electron chi connectivity index (χ2n) is 3.84. The molecule has 1 atom stereocenters. The average molecular weight is 166 g/mol. The molecule has 12 heavy (non-hydrogen) atoms. The number of likely N-dealkylation sites (N-methyl/N-ethyl adjacent to an activating group) is 1. The molecule has 0 fully saturated rings. The molecule has 1 aliphatic rings. The van der Waals surface area contributed by atoms with Gasteiger partial charge < -0.3 is 0 Å². The predicted molar refractivity (Wildman–Crippen MR) is 52.4 cm³/mol. The molecule has 0 amide bonds. The van der Waals surface area contributed by atoms with E-state index in [-0.39, 0.29) is 5.41 Å². The number of hydrogen-bond acceptors (Lipinski definition) is 2. The van der Waals surface area contributed by atoms with Crippen molar-refractivity contribution in [1.82, 2.24) is 5.01 Å². The number of hydrazine groups is 1. The summed E-state index contributed by atoms with van der Waals surface area (Å²) in [5.74, 6) is 5.87. The predicted octanol–water partition coefficient (Wildman–Crippen LogP) is 1.70. The van der Waals surface area contributed by atoms with Crippen LogP contribution in [-0.2, 0) is 0 Å². The van der Waals surface area contributed by atoms with Crippen molar-refractivity contribution >= 4 is 0 Å². The fraction of sp³-hybridized carbons (Fsp3) is 0.600. The number of hydrogen-bond donors (Lipinski definition) is 1. The summed E-state index contributed by atoms with van der Waals surface area (Å²) in [6.45, 7) is 7.36. The Labute approximate surface area is 74.7 Å². The lowest BCUT2D eigenvalue weighted by atomic mass is 9.81. The molecular weight excluding hydrogens is 148 g/mol. The molecule has 0 aliphatic heterocycles. The Hall–Kier alpha value is -0.600. The summed E-state index contributed by atoms with van der Waals surface area (Å²) in [4.78, 5) is 0. The van der Waals surface area contributed by atoms with Gasteiger partial charge in [-0.15, -0.1) is 0 Å². The molecule has 0 radical (unpaired) electrons. The third kappa shape index (κ3) is 1.76. The Bertz CT molecular complexity index is 204. The number of allylic oxidation sites excluding steroid dienone is 2. The minimum Gasteiger partial charge on any atom is -0.268 e. The molecule has 2 nitrogen and oxygen atoms in total. The molecule has 0 spiro atoms. The maximum atomic E-state index is 5.87. The first kappa shape index (κ1) is 9.49. The van der Waals surface area contributed by atoms with Crippen molar-refractivity contribution in [1.29, 1.82) is 0 Å². The second-order valence-corrected chi connectivity index (χ2v) is 3.84. The SMILES string of the molecule is CCN(N)C1C=CC=CC1(C)C. The zero-order valence-corrected chi connectivity index (χ0v) is 8.12. The van der Waals surface area contributed by atoms with Crippen LogP contribution in [0, 0.1) is 5.41 Å². The van der Waals surface area contributed by atoms with Gasteiger partial charge in [-0.3, -0.25) is 5.84 Å². The number of nitrogens with two attached hydrogens (primary N) is 1. The van der Waals surface area contributed by atoms with Gasteiger partial charge in [0.15, 0.2) is 0 Å². The molecule has 68 valence electrons. The van der Waals surface area contributed by atoms with Gasteiger partial charge in [-0.2, -0.15) is 0 Å². The van der Waals surface area contributed by atoms with Crippen molar-refractivity contribution in [2.45, 2.75) is 26.8 Å². The topological polar surface area (TPSA) is 29.3 Å². The van der Waals surface area contributed by atoms with E-state index in [1.54, 1.807) is 0 Å². The molecule has 0 aromatic heterocycles. The third-order valence-electron chi connectivity index (χ3n) is 2.42. The summed E-state index contributed by atoms with van der Waals surface area (Å²) in [5, 5.41) is 1.88. The van der Waals surface area contributed by atoms with Crippen LogP contribution in [0.4, 0.5) is 0 Å². The van der Waals surface area contributed by atoms with Gasteiger partial charge in [-0.1, -0.05) is 45.1 Å². The molecule has 0 saturated heterocycles. The minimum atomic E-state index is 0.152. The zero-order chi connectivity index (χ0) is 9.19. The van der Waals surface area contributed by atoms with Crippen LogP contribution in [0.1, 0.15) is 20.8 Å². The van der Waals surface area contributed by atoms with E-state index in [0.29, 0.717) is 6.04 Å². The summed E-state index contributed by atoms with van der Waals surface area (Å²) in [6, 6.07) is 0.326. The monoisotopic (exact) mass is 166 g/mol. The molecule has 0 heterocycles. The zero-order valence-electron chi connectivity index (χ0n) is 8.12. The standard InChI is InChI=1S/C10H18N2/c1-4-12(11)9-7-5-6-8-10(9,2)3/h5-9H,4,11H2,1-3H3. The molecule has 2 N–H and O–H groups in total. The second kappa shape index (κ2) is 3.42. The first-order chi connectivity index (χ1) is 5.58. The largest absolute Gasteiger partial charge is 0.268 e. The fourth-order valence-electron chi connectivity index (χ4n) is 1.55. The van der Waals surface area contributed by atoms with Crippen molar-refractivity contribution in [2.75, 3.05) is 6.54 Å². The van der Waals surface area contributed by atoms with Crippen LogP contribution in [0.2, 0.25) is 0 Å². The molecule has 0 saturated carbocycles. The van der Waals surface area contributed by atoms with Crippen LogP contribution >= 0.6 is 0 Å². The summed E-state index contributed by atoms with van der Waals surface area (Å²) >= 11 is 0. The van der Waals surface area contributed by atoms with Crippen LogP contribution < -0.4 is 5.84 Å². The van der Waals surface area contributed by atoms with Gasteiger partial charge in [0.05, 0.1) is 6.04 Å². The van der Waals surface area contributed by atoms with E-state index in [0.717, 1.165) is 6.54 Å². The summed E-state index contributed by atoms with van der Waals surface area (Å²) in [6.07, 6.45) is 8.50. The Morgan fingerprint density at radius 1 is 1.42 bits per heavy atom. The number of nitrogens with zero attached hydrogens (tertiary/aromatic N) is 1. The number of rotatable bonds is 2. The van der Waals surface area contributed by atoms with E-state index < -0.39 is 0 Å². The fourth-order valence-corrected chi connectivity index (χ4v) is 1.55. The van der Waals surface area contributed by atoms with Crippen molar-refractivity contribution in [2.24, 2.45) is 11.3 Å².